The summed E-state index contributed by atoms with van der Waals surface area (Å²) in [6.45, 7) is 3.07. The van der Waals surface area contributed by atoms with Crippen LogP contribution in [-0.4, -0.2) is 24.8 Å². The highest BCUT2D eigenvalue weighted by Gasteiger charge is 2.08. The van der Waals surface area contributed by atoms with Gasteiger partial charge in [-0.05, 0) is 29.3 Å². The molecule has 0 aliphatic heterocycles. The second-order valence-electron chi connectivity index (χ2n) is 5.60. The molecule has 0 radical (unpaired) electrons. The first-order chi connectivity index (χ1) is 11.3. The molecule has 0 amide bonds. The van der Waals surface area contributed by atoms with Crippen molar-refractivity contribution in [3.05, 3.63) is 71.7 Å². The van der Waals surface area contributed by atoms with Crippen LogP contribution in [-0.2, 0) is 17.8 Å². The Morgan fingerprint density at radius 1 is 1.09 bits per heavy atom. The molecule has 2 aromatic carbocycles. The Hall–Kier alpha value is -2.17. The summed E-state index contributed by atoms with van der Waals surface area (Å²) >= 11 is 0. The maximum absolute atomic E-state index is 13.1. The predicted molar refractivity (Wildman–Crippen MR) is 91.0 cm³/mol. The number of hydrogen-bond donors (Lipinski definition) is 1. The summed E-state index contributed by atoms with van der Waals surface area (Å²) in [5.74, 6) is -0.200. The fraction of sp³-hybridized carbons (Fsp3) is 0.263. The second kappa shape index (κ2) is 7.40. The molecule has 23 heavy (non-hydrogen) atoms. The first-order valence-electron chi connectivity index (χ1n) is 7.79. The smallest absolute Gasteiger partial charge is 0.123 e. The molecule has 0 atom stereocenters. The third-order valence-electron chi connectivity index (χ3n) is 3.94. The van der Waals surface area contributed by atoms with Gasteiger partial charge in [-0.3, -0.25) is 0 Å². The Morgan fingerprint density at radius 3 is 2.65 bits per heavy atom. The third kappa shape index (κ3) is 3.78. The zero-order chi connectivity index (χ0) is 16.1. The number of hydrogen-bond acceptors (Lipinski definition) is 2. The van der Waals surface area contributed by atoms with Crippen LogP contribution in [0.4, 0.5) is 4.39 Å². The van der Waals surface area contributed by atoms with E-state index in [0.717, 1.165) is 25.2 Å². The first-order valence-corrected chi connectivity index (χ1v) is 7.79. The number of nitrogens with one attached hydrogen (secondary N) is 1. The summed E-state index contributed by atoms with van der Waals surface area (Å²) in [5.41, 5.74) is 3.55. The predicted octanol–water partition coefficient (Wildman–Crippen LogP) is 3.56. The number of ether oxygens (including phenoxy) is 1. The lowest BCUT2D eigenvalue weighted by atomic mass is 10.2. The summed E-state index contributed by atoms with van der Waals surface area (Å²) in [4.78, 5) is 0. The van der Waals surface area contributed by atoms with Crippen LogP contribution < -0.4 is 5.32 Å². The molecular weight excluding hydrogens is 291 g/mol. The fourth-order valence-electron chi connectivity index (χ4n) is 2.78. The number of para-hydroxylation sites is 1. The van der Waals surface area contributed by atoms with E-state index < -0.39 is 0 Å². The van der Waals surface area contributed by atoms with E-state index in [2.05, 4.69) is 34.3 Å². The first kappa shape index (κ1) is 15.7. The van der Waals surface area contributed by atoms with E-state index in [-0.39, 0.29) is 5.82 Å². The zero-order valence-corrected chi connectivity index (χ0v) is 13.3. The molecule has 1 aromatic heterocycles. The minimum Gasteiger partial charge on any atom is -0.383 e. The van der Waals surface area contributed by atoms with E-state index in [0.29, 0.717) is 6.61 Å². The van der Waals surface area contributed by atoms with Gasteiger partial charge in [0, 0.05) is 43.8 Å². The molecule has 120 valence electrons. The van der Waals surface area contributed by atoms with Gasteiger partial charge in [0.2, 0.25) is 0 Å². The van der Waals surface area contributed by atoms with Gasteiger partial charge in [0.25, 0.3) is 0 Å². The molecule has 3 aromatic rings. The van der Waals surface area contributed by atoms with E-state index in [1.165, 1.54) is 28.6 Å². The molecule has 1 heterocycles. The van der Waals surface area contributed by atoms with Gasteiger partial charge in [0.1, 0.15) is 5.82 Å². The van der Waals surface area contributed by atoms with Crippen LogP contribution in [0.5, 0.6) is 0 Å². The summed E-state index contributed by atoms with van der Waals surface area (Å²) in [7, 11) is 1.70. The second-order valence-corrected chi connectivity index (χ2v) is 5.60. The minimum absolute atomic E-state index is 0.200. The lowest BCUT2D eigenvalue weighted by Crippen LogP contribution is -2.18. The van der Waals surface area contributed by atoms with Crippen LogP contribution in [0.2, 0.25) is 0 Å². The van der Waals surface area contributed by atoms with Crippen molar-refractivity contribution in [2.75, 3.05) is 20.3 Å². The quantitative estimate of drug-likeness (QED) is 0.675. The zero-order valence-electron chi connectivity index (χ0n) is 13.3. The van der Waals surface area contributed by atoms with Crippen molar-refractivity contribution in [1.29, 1.82) is 0 Å². The number of halogens is 1. The highest BCUT2D eigenvalue weighted by atomic mass is 19.1. The number of rotatable bonds is 7. The Bertz CT molecular complexity index is 765. The van der Waals surface area contributed by atoms with Gasteiger partial charge in [0.05, 0.1) is 6.61 Å². The number of fused-ring (bicyclic) bond motifs is 1. The molecule has 4 heteroatoms. The van der Waals surface area contributed by atoms with Gasteiger partial charge in [-0.1, -0.05) is 30.3 Å². The van der Waals surface area contributed by atoms with Gasteiger partial charge >= 0.3 is 0 Å². The molecule has 0 fully saturated rings. The van der Waals surface area contributed by atoms with Crippen LogP contribution in [0.3, 0.4) is 0 Å². The maximum atomic E-state index is 13.1. The van der Waals surface area contributed by atoms with Crippen LogP contribution in [0.15, 0.2) is 54.7 Å². The van der Waals surface area contributed by atoms with Crippen molar-refractivity contribution in [3.8, 4) is 0 Å². The molecule has 0 spiro atoms. The van der Waals surface area contributed by atoms with E-state index in [9.17, 15) is 4.39 Å². The van der Waals surface area contributed by atoms with Gasteiger partial charge < -0.3 is 14.6 Å². The fourth-order valence-corrected chi connectivity index (χ4v) is 2.78. The minimum atomic E-state index is -0.200. The average Bonchev–Trinajstić information content (AvgIpc) is 2.92. The summed E-state index contributed by atoms with van der Waals surface area (Å²) in [6.07, 6.45) is 2.17. The number of benzene rings is 2. The topological polar surface area (TPSA) is 26.2 Å². The molecular formula is C19H21FN2O. The lowest BCUT2D eigenvalue weighted by molar-refractivity contribution is 0.199. The van der Waals surface area contributed by atoms with Gasteiger partial charge in [-0.2, -0.15) is 0 Å². The van der Waals surface area contributed by atoms with Crippen LogP contribution >= 0.6 is 0 Å². The highest BCUT2D eigenvalue weighted by molar-refractivity contribution is 5.84. The molecule has 0 bridgehead atoms. The Labute approximate surface area is 135 Å². The normalized spacial score (nSPS) is 11.2. The molecule has 3 nitrogen and oxygen atoms in total. The number of aromatic nitrogens is 1. The average molecular weight is 312 g/mol. The van der Waals surface area contributed by atoms with Crippen LogP contribution in [0, 0.1) is 5.82 Å². The molecule has 0 unspecified atom stereocenters. The van der Waals surface area contributed by atoms with Crippen molar-refractivity contribution < 1.29 is 9.13 Å². The van der Waals surface area contributed by atoms with Crippen LogP contribution in [0.1, 0.15) is 11.1 Å². The van der Waals surface area contributed by atoms with Gasteiger partial charge in [-0.15, -0.1) is 0 Å². The largest absolute Gasteiger partial charge is 0.383 e. The lowest BCUT2D eigenvalue weighted by Gasteiger charge is -2.05. The Morgan fingerprint density at radius 2 is 1.87 bits per heavy atom. The van der Waals surface area contributed by atoms with E-state index in [1.807, 2.05) is 18.2 Å². The summed E-state index contributed by atoms with van der Waals surface area (Å²) < 4.78 is 20.3. The molecule has 0 saturated carbocycles. The molecule has 3 rings (SSSR count). The van der Waals surface area contributed by atoms with E-state index in [1.54, 1.807) is 7.11 Å². The van der Waals surface area contributed by atoms with Crippen molar-refractivity contribution in [1.82, 2.24) is 9.88 Å². The molecule has 0 aliphatic carbocycles. The van der Waals surface area contributed by atoms with Gasteiger partial charge in [0.15, 0.2) is 0 Å². The molecule has 0 aliphatic rings. The Kier molecular flexibility index (Phi) is 5.05. The van der Waals surface area contributed by atoms with Crippen molar-refractivity contribution in [2.45, 2.75) is 13.1 Å². The van der Waals surface area contributed by atoms with E-state index in [4.69, 9.17) is 4.74 Å². The summed E-state index contributed by atoms with van der Waals surface area (Å²) in [5, 5.41) is 4.64. The molecule has 0 saturated heterocycles. The highest BCUT2D eigenvalue weighted by Crippen LogP contribution is 2.22. The Balaban J connectivity index is 1.83. The standard InChI is InChI=1S/C19H21FN2O/c1-23-11-10-21-12-16-14-22(19-5-3-2-4-18(16)19)13-15-6-8-17(20)9-7-15/h2-9,14,21H,10-13H2,1H3. The molecule has 1 N–H and O–H groups in total. The third-order valence-corrected chi connectivity index (χ3v) is 3.94. The van der Waals surface area contributed by atoms with Crippen molar-refractivity contribution in [3.63, 3.8) is 0 Å². The number of methoxy groups -OCH3 is 1. The SMILES string of the molecule is COCCNCc1cn(Cc2ccc(F)cc2)c2ccccc12. The van der Waals surface area contributed by atoms with Crippen molar-refractivity contribution in [2.24, 2.45) is 0 Å². The monoisotopic (exact) mass is 312 g/mol. The number of nitrogens with zero attached hydrogens (tertiary/aromatic N) is 1. The van der Waals surface area contributed by atoms with Crippen molar-refractivity contribution >= 4 is 10.9 Å². The maximum Gasteiger partial charge on any atom is 0.123 e. The summed E-state index contributed by atoms with van der Waals surface area (Å²) in [6, 6.07) is 15.1. The van der Waals surface area contributed by atoms with Gasteiger partial charge in [-0.25, -0.2) is 4.39 Å². The van der Waals surface area contributed by atoms with E-state index >= 15 is 0 Å². The van der Waals surface area contributed by atoms with Crippen LogP contribution in [0.25, 0.3) is 10.9 Å².